The highest BCUT2D eigenvalue weighted by atomic mass is 79.9. The van der Waals surface area contributed by atoms with Crippen LogP contribution in [0.1, 0.15) is 17.2 Å². The van der Waals surface area contributed by atoms with Crippen molar-refractivity contribution in [3.8, 4) is 5.75 Å². The first kappa shape index (κ1) is 14.9. The van der Waals surface area contributed by atoms with Gasteiger partial charge in [0.2, 0.25) is 0 Å². The second-order valence-corrected chi connectivity index (χ2v) is 6.13. The van der Waals surface area contributed by atoms with Gasteiger partial charge >= 0.3 is 0 Å². The Morgan fingerprint density at radius 3 is 2.47 bits per heavy atom. The van der Waals surface area contributed by atoms with E-state index in [0.717, 1.165) is 20.3 Å². The van der Waals surface area contributed by atoms with Crippen molar-refractivity contribution in [1.82, 2.24) is 0 Å². The summed E-state index contributed by atoms with van der Waals surface area (Å²) in [6.45, 7) is 0. The quantitative estimate of drug-likeness (QED) is 0.781. The van der Waals surface area contributed by atoms with Crippen molar-refractivity contribution in [3.05, 3.63) is 61.5 Å². The molecule has 0 saturated carbocycles. The van der Waals surface area contributed by atoms with Crippen LogP contribution >= 0.6 is 43.5 Å². The molecule has 0 amide bonds. The number of hydrogen-bond acceptors (Lipinski definition) is 2. The van der Waals surface area contributed by atoms with Crippen LogP contribution in [0.15, 0.2) is 45.3 Å². The summed E-state index contributed by atoms with van der Waals surface area (Å²) in [6, 6.07) is 10.8. The highest BCUT2D eigenvalue weighted by Gasteiger charge is 2.17. The average Bonchev–Trinajstić information content (AvgIpc) is 2.40. The van der Waals surface area contributed by atoms with Crippen LogP contribution in [0.25, 0.3) is 0 Å². The maximum absolute atomic E-state index is 10.5. The summed E-state index contributed by atoms with van der Waals surface area (Å²) in [5.74, 6) is 0.725. The number of halogens is 3. The SMILES string of the molecule is COc1ccc(C(O)c2cc(Br)ccc2Cl)c(Br)c1. The van der Waals surface area contributed by atoms with E-state index in [0.29, 0.717) is 10.6 Å². The summed E-state index contributed by atoms with van der Waals surface area (Å²) in [6.07, 6.45) is -0.801. The lowest BCUT2D eigenvalue weighted by Crippen LogP contribution is -2.02. The molecule has 0 aliphatic heterocycles. The standard InChI is InChI=1S/C14H11Br2ClO2/c1-19-9-3-4-10(12(16)7-9)14(18)11-6-8(15)2-5-13(11)17/h2-7,14,18H,1H3. The fourth-order valence-corrected chi connectivity index (χ4v) is 2.92. The molecule has 0 radical (unpaired) electrons. The summed E-state index contributed by atoms with van der Waals surface area (Å²) < 4.78 is 6.78. The van der Waals surface area contributed by atoms with Crippen molar-refractivity contribution in [1.29, 1.82) is 0 Å². The Bertz CT molecular complexity index is 602. The van der Waals surface area contributed by atoms with Crippen LogP contribution in [0.4, 0.5) is 0 Å². The minimum Gasteiger partial charge on any atom is -0.497 e. The van der Waals surface area contributed by atoms with Gasteiger partial charge in [0.25, 0.3) is 0 Å². The molecular weight excluding hydrogens is 395 g/mol. The van der Waals surface area contributed by atoms with E-state index in [1.807, 2.05) is 24.3 Å². The highest BCUT2D eigenvalue weighted by Crippen LogP contribution is 2.35. The lowest BCUT2D eigenvalue weighted by atomic mass is 10.0. The molecule has 0 aliphatic rings. The third kappa shape index (κ3) is 3.31. The van der Waals surface area contributed by atoms with Gasteiger partial charge in [0.1, 0.15) is 11.9 Å². The van der Waals surface area contributed by atoms with Gasteiger partial charge in [0.05, 0.1) is 7.11 Å². The van der Waals surface area contributed by atoms with Gasteiger partial charge < -0.3 is 9.84 Å². The first-order valence-corrected chi connectivity index (χ1v) is 7.45. The molecule has 2 aromatic rings. The van der Waals surface area contributed by atoms with Gasteiger partial charge in [-0.3, -0.25) is 0 Å². The molecule has 100 valence electrons. The minimum atomic E-state index is -0.801. The zero-order valence-electron chi connectivity index (χ0n) is 10.0. The Balaban J connectivity index is 2.43. The van der Waals surface area contributed by atoms with Crippen LogP contribution in [0, 0.1) is 0 Å². The molecule has 0 aromatic heterocycles. The molecule has 0 spiro atoms. The smallest absolute Gasteiger partial charge is 0.120 e. The van der Waals surface area contributed by atoms with Crippen LogP contribution in [0.3, 0.4) is 0 Å². The van der Waals surface area contributed by atoms with E-state index in [4.69, 9.17) is 16.3 Å². The zero-order valence-corrected chi connectivity index (χ0v) is 14.0. The largest absolute Gasteiger partial charge is 0.497 e. The predicted molar refractivity (Wildman–Crippen MR) is 83.9 cm³/mol. The van der Waals surface area contributed by atoms with Crippen molar-refractivity contribution in [3.63, 3.8) is 0 Å². The molecule has 2 rings (SSSR count). The lowest BCUT2D eigenvalue weighted by molar-refractivity contribution is 0.219. The van der Waals surface area contributed by atoms with Crippen LogP contribution < -0.4 is 4.74 Å². The molecule has 19 heavy (non-hydrogen) atoms. The third-order valence-corrected chi connectivity index (χ3v) is 4.28. The normalized spacial score (nSPS) is 12.3. The van der Waals surface area contributed by atoms with E-state index in [-0.39, 0.29) is 0 Å². The summed E-state index contributed by atoms with van der Waals surface area (Å²) in [4.78, 5) is 0. The van der Waals surface area contributed by atoms with E-state index < -0.39 is 6.10 Å². The Morgan fingerprint density at radius 1 is 1.11 bits per heavy atom. The number of aliphatic hydroxyl groups excluding tert-OH is 1. The molecular formula is C14H11Br2ClO2. The van der Waals surface area contributed by atoms with Crippen molar-refractivity contribution in [2.24, 2.45) is 0 Å². The first-order valence-electron chi connectivity index (χ1n) is 5.49. The van der Waals surface area contributed by atoms with Crippen molar-refractivity contribution >= 4 is 43.5 Å². The maximum Gasteiger partial charge on any atom is 0.120 e. The second-order valence-electron chi connectivity index (χ2n) is 3.96. The molecule has 2 nitrogen and oxygen atoms in total. The van der Waals surface area contributed by atoms with E-state index in [1.54, 1.807) is 19.2 Å². The van der Waals surface area contributed by atoms with Gasteiger partial charge in [-0.2, -0.15) is 0 Å². The van der Waals surface area contributed by atoms with Crippen LogP contribution in [-0.2, 0) is 0 Å². The van der Waals surface area contributed by atoms with Gasteiger partial charge in [-0.05, 0) is 35.9 Å². The number of hydrogen-bond donors (Lipinski definition) is 1. The fourth-order valence-electron chi connectivity index (χ4n) is 1.75. The molecule has 0 saturated heterocycles. The van der Waals surface area contributed by atoms with Gasteiger partial charge in [-0.15, -0.1) is 0 Å². The Morgan fingerprint density at radius 2 is 1.84 bits per heavy atom. The van der Waals surface area contributed by atoms with Crippen molar-refractivity contribution in [2.75, 3.05) is 7.11 Å². The Hall–Kier alpha value is -0.550. The molecule has 0 aliphatic carbocycles. The average molecular weight is 407 g/mol. The number of benzene rings is 2. The zero-order chi connectivity index (χ0) is 14.0. The third-order valence-electron chi connectivity index (χ3n) is 2.75. The van der Waals surface area contributed by atoms with Crippen LogP contribution in [0.5, 0.6) is 5.75 Å². The van der Waals surface area contributed by atoms with Gasteiger partial charge in [-0.25, -0.2) is 0 Å². The number of methoxy groups -OCH3 is 1. The highest BCUT2D eigenvalue weighted by molar-refractivity contribution is 9.10. The summed E-state index contributed by atoms with van der Waals surface area (Å²) in [5, 5.41) is 11.0. The summed E-state index contributed by atoms with van der Waals surface area (Å²) in [5.41, 5.74) is 1.39. The Kier molecular flexibility index (Phi) is 4.90. The van der Waals surface area contributed by atoms with Crippen LogP contribution in [-0.4, -0.2) is 12.2 Å². The van der Waals surface area contributed by atoms with E-state index in [9.17, 15) is 5.11 Å². The predicted octanol–water partition coefficient (Wildman–Crippen LogP) is 4.96. The lowest BCUT2D eigenvalue weighted by Gasteiger charge is -2.16. The molecule has 1 N–H and O–H groups in total. The van der Waals surface area contributed by atoms with Gasteiger partial charge in [-0.1, -0.05) is 49.5 Å². The maximum atomic E-state index is 10.5. The second kappa shape index (κ2) is 6.27. The fraction of sp³-hybridized carbons (Fsp3) is 0.143. The molecule has 0 heterocycles. The van der Waals surface area contributed by atoms with Crippen molar-refractivity contribution in [2.45, 2.75) is 6.10 Å². The van der Waals surface area contributed by atoms with Crippen LogP contribution in [0.2, 0.25) is 5.02 Å². The van der Waals surface area contributed by atoms with E-state index in [1.165, 1.54) is 0 Å². The number of aliphatic hydroxyl groups is 1. The van der Waals surface area contributed by atoms with Crippen molar-refractivity contribution < 1.29 is 9.84 Å². The molecule has 0 fully saturated rings. The Labute approximate surface area is 133 Å². The molecule has 5 heteroatoms. The molecule has 1 unspecified atom stereocenters. The number of ether oxygens (including phenoxy) is 1. The number of rotatable bonds is 3. The van der Waals surface area contributed by atoms with E-state index >= 15 is 0 Å². The first-order chi connectivity index (χ1) is 9.02. The summed E-state index contributed by atoms with van der Waals surface area (Å²) in [7, 11) is 1.60. The monoisotopic (exact) mass is 404 g/mol. The molecule has 1 atom stereocenters. The molecule has 0 bridgehead atoms. The summed E-state index contributed by atoms with van der Waals surface area (Å²) >= 11 is 12.9. The molecule has 2 aromatic carbocycles. The van der Waals surface area contributed by atoms with Gasteiger partial charge in [0.15, 0.2) is 0 Å². The minimum absolute atomic E-state index is 0.526. The van der Waals surface area contributed by atoms with E-state index in [2.05, 4.69) is 31.9 Å². The topological polar surface area (TPSA) is 29.5 Å². The van der Waals surface area contributed by atoms with Gasteiger partial charge in [0, 0.05) is 19.5 Å².